The highest BCUT2D eigenvalue weighted by molar-refractivity contribution is 5.99. The van der Waals surface area contributed by atoms with E-state index < -0.39 is 6.61 Å². The zero-order chi connectivity index (χ0) is 73.0. The number of morpholine rings is 1. The first kappa shape index (κ1) is 69.9. The average molecular weight is 1430 g/mol. The molecule has 4 fully saturated rings. The largest absolute Gasteiger partial charge is 0.489 e. The highest BCUT2D eigenvalue weighted by atomic mass is 16.5. The predicted molar refractivity (Wildman–Crippen MR) is 404 cm³/mol. The summed E-state index contributed by atoms with van der Waals surface area (Å²) in [5.41, 5.74) is 16.1. The minimum Gasteiger partial charge on any atom is -0.489 e. The lowest BCUT2D eigenvalue weighted by Gasteiger charge is -2.32. The van der Waals surface area contributed by atoms with Gasteiger partial charge in [-0.05, 0) is 126 Å². The van der Waals surface area contributed by atoms with Crippen LogP contribution >= 0.6 is 0 Å². The van der Waals surface area contributed by atoms with E-state index in [9.17, 15) is 25.4 Å². The lowest BCUT2D eigenvalue weighted by Crippen LogP contribution is -2.42. The summed E-state index contributed by atoms with van der Waals surface area (Å²) in [5, 5.41) is 41.4. The number of hydrogen-bond acceptors (Lipinski definition) is 18. The molecule has 0 aliphatic carbocycles. The number of rotatable bonds is 16. The Morgan fingerprint density at radius 3 is 1.44 bits per heavy atom. The molecule has 1 amide bonds. The summed E-state index contributed by atoms with van der Waals surface area (Å²) in [7, 11) is 0. The Labute approximate surface area is 615 Å². The molecule has 4 saturated heterocycles. The normalized spacial score (nSPS) is 15.0. The van der Waals surface area contributed by atoms with E-state index in [1.807, 2.05) is 104 Å². The molecule has 0 spiro atoms. The van der Waals surface area contributed by atoms with Gasteiger partial charge in [-0.25, -0.2) is 9.97 Å². The van der Waals surface area contributed by atoms with Gasteiger partial charge in [-0.2, -0.15) is 15.8 Å². The number of imidazole rings is 1. The Morgan fingerprint density at radius 1 is 0.505 bits per heavy atom. The first-order valence-corrected chi connectivity index (χ1v) is 35.7. The van der Waals surface area contributed by atoms with Gasteiger partial charge >= 0.3 is 0 Å². The van der Waals surface area contributed by atoms with Crippen molar-refractivity contribution < 1.29 is 38.3 Å². The number of aromatic amines is 4. The van der Waals surface area contributed by atoms with E-state index in [0.717, 1.165) is 165 Å². The van der Waals surface area contributed by atoms with Crippen LogP contribution in [0.5, 0.6) is 17.2 Å². The van der Waals surface area contributed by atoms with Crippen LogP contribution in [0.25, 0.3) is 100 Å². The molecule has 13 heterocycles. The van der Waals surface area contributed by atoms with Gasteiger partial charge in [0.15, 0.2) is 0 Å². The first-order valence-electron chi connectivity index (χ1n) is 35.7. The first-order chi connectivity index (χ1) is 52.6. The van der Waals surface area contributed by atoms with E-state index in [-0.39, 0.29) is 29.8 Å². The number of H-pyrrole nitrogens is 4. The Balaban J connectivity index is 0.000000129. The topological polar surface area (TPSA) is 320 Å². The molecule has 0 saturated carbocycles. The minimum absolute atomic E-state index is 0.0674. The zero-order valence-electron chi connectivity index (χ0n) is 58.5. The Morgan fingerprint density at radius 2 is 0.981 bits per heavy atom. The number of hydrogen-bond donors (Lipinski definition) is 5. The third-order valence-corrected chi connectivity index (χ3v) is 19.6. The standard InChI is InChI=1S/C30H30N6O4.C29H25N5O2.C24H20N4O3/c31-17-22-15-20(1-3-27(22)40-23-6-9-36(10-7-23)29(38)19-37)30-24-16-26(34-25(24)5-8-32-30)21-2-4-28(33-18-21)35-11-13-39-14-12-35;30-17-23-15-22(4-5-28(23)36-24-7-12-35-13-8-24)29-25-16-27(33-26(25)6-9-32-29)21-3-1-2-20(14-21)18-34-11-10-31-19-34;25-13-17-11-15(1-3-22(17)31-18-6-9-30-10-7-18)24-19-12-21(28-20(19)5-8-26-24)16-2-4-23(29)27-14-16/h1-5,8,15-16,18,23,34,37H,6-7,9-14,19H2;1-6,9-11,14-16,19,24,33H,7-8,12-13,18H2;1-5,8,11-12,14,18,28H,6-7,9-10H2,(H,27,29). The van der Waals surface area contributed by atoms with Crippen molar-refractivity contribution in [2.45, 2.75) is 63.4 Å². The number of piperidine rings is 1. The molecule has 9 aromatic heterocycles. The number of nitriles is 3. The molecule has 0 atom stereocenters. The highest BCUT2D eigenvalue weighted by Crippen LogP contribution is 2.38. The SMILES string of the molecule is N#Cc1cc(-c2nccc3[nH]c(-c4ccc(=O)[nH]c4)cc23)ccc1OC1CCOCC1.N#Cc1cc(-c2nccc3[nH]c(-c4ccc(N5CCOCC5)nc4)cc23)ccc1OC1CCN(C(=O)CO)CC1.N#Cc1cc(-c2nccc3[nH]c(-c4cccc(Cn5ccnc5)c4)cc23)ccc1OC1CCOCC1. The van der Waals surface area contributed by atoms with E-state index in [4.69, 9.17) is 33.5 Å². The Kier molecular flexibility index (Phi) is 21.2. The number of pyridine rings is 5. The van der Waals surface area contributed by atoms with Crippen molar-refractivity contribution in [1.29, 1.82) is 15.8 Å². The van der Waals surface area contributed by atoms with Crippen molar-refractivity contribution in [2.75, 3.05) is 77.3 Å². The molecule has 24 heteroatoms. The molecule has 0 bridgehead atoms. The number of amides is 1. The fourth-order valence-electron chi connectivity index (χ4n) is 13.9. The Hall–Kier alpha value is -12.8. The molecule has 5 N–H and O–H groups in total. The summed E-state index contributed by atoms with van der Waals surface area (Å²) in [6, 6.07) is 51.6. The smallest absolute Gasteiger partial charge is 0.248 e. The lowest BCUT2D eigenvalue weighted by atomic mass is 10.0. The summed E-state index contributed by atoms with van der Waals surface area (Å²) in [5.74, 6) is 2.40. The number of fused-ring (bicyclic) bond motifs is 3. The maximum atomic E-state index is 11.7. The molecule has 536 valence electrons. The van der Waals surface area contributed by atoms with Crippen LogP contribution in [-0.2, 0) is 25.5 Å². The van der Waals surface area contributed by atoms with Gasteiger partial charge in [0.2, 0.25) is 11.5 Å². The summed E-state index contributed by atoms with van der Waals surface area (Å²) in [6.45, 7) is 7.20. The van der Waals surface area contributed by atoms with Crippen molar-refractivity contribution in [3.8, 4) is 103 Å². The third-order valence-electron chi connectivity index (χ3n) is 19.6. The van der Waals surface area contributed by atoms with E-state index in [1.165, 1.54) is 11.6 Å². The number of aliphatic hydroxyl groups excluding tert-OH is 1. The molecular formula is C83H75N15O9. The van der Waals surface area contributed by atoms with Gasteiger partial charge in [-0.3, -0.25) is 24.5 Å². The van der Waals surface area contributed by atoms with Crippen molar-refractivity contribution in [1.82, 2.24) is 54.3 Å². The highest BCUT2D eigenvalue weighted by Gasteiger charge is 2.26. The van der Waals surface area contributed by atoms with Crippen molar-refractivity contribution >= 4 is 44.4 Å². The minimum atomic E-state index is -0.479. The molecule has 24 nitrogen and oxygen atoms in total. The molecule has 107 heavy (non-hydrogen) atoms. The molecule has 4 aliphatic heterocycles. The van der Waals surface area contributed by atoms with Crippen LogP contribution in [0, 0.1) is 34.0 Å². The van der Waals surface area contributed by atoms with Crippen molar-refractivity contribution in [2.24, 2.45) is 0 Å². The van der Waals surface area contributed by atoms with Gasteiger partial charge in [0.25, 0.3) is 0 Å². The number of likely N-dealkylation sites (tertiary alicyclic amines) is 1. The summed E-state index contributed by atoms with van der Waals surface area (Å²) in [4.78, 5) is 62.8. The average Bonchev–Trinajstić information content (AvgIpc) is 1.72. The maximum absolute atomic E-state index is 11.7. The van der Waals surface area contributed by atoms with E-state index >= 15 is 0 Å². The molecule has 4 aliphatic rings. The van der Waals surface area contributed by atoms with Gasteiger partial charge in [0.05, 0.1) is 79.7 Å². The van der Waals surface area contributed by atoms with Crippen LogP contribution in [0.1, 0.15) is 60.8 Å². The second-order valence-electron chi connectivity index (χ2n) is 26.5. The summed E-state index contributed by atoms with van der Waals surface area (Å²) < 4.78 is 36.7. The van der Waals surface area contributed by atoms with Crippen LogP contribution in [0.4, 0.5) is 5.82 Å². The zero-order valence-corrected chi connectivity index (χ0v) is 58.5. The van der Waals surface area contributed by atoms with E-state index in [1.54, 1.807) is 42.0 Å². The number of carbonyl (C=O) groups excluding carboxylic acids is 1. The lowest BCUT2D eigenvalue weighted by molar-refractivity contribution is -0.135. The summed E-state index contributed by atoms with van der Waals surface area (Å²) >= 11 is 0. The summed E-state index contributed by atoms with van der Waals surface area (Å²) in [6.07, 6.45) is 19.1. The number of aliphatic hydroxyl groups is 1. The Bertz CT molecular complexity index is 5490. The number of carbonyl (C=O) groups is 1. The predicted octanol–water partition coefficient (Wildman–Crippen LogP) is 12.9. The van der Waals surface area contributed by atoms with E-state index in [2.05, 4.69) is 115 Å². The number of nitrogens with one attached hydrogen (secondary N) is 4. The second-order valence-corrected chi connectivity index (χ2v) is 26.5. The fourth-order valence-corrected chi connectivity index (χ4v) is 13.9. The van der Waals surface area contributed by atoms with Gasteiger partial charge in [-0.15, -0.1) is 0 Å². The second kappa shape index (κ2) is 32.5. The molecule has 0 radical (unpaired) electrons. The third kappa shape index (κ3) is 16.1. The van der Waals surface area contributed by atoms with E-state index in [0.29, 0.717) is 86.3 Å². The van der Waals surface area contributed by atoms with Crippen LogP contribution in [0.3, 0.4) is 0 Å². The van der Waals surface area contributed by atoms with Crippen LogP contribution in [-0.4, -0.2) is 156 Å². The number of anilines is 1. The van der Waals surface area contributed by atoms with Gasteiger partial charge in [0, 0.05) is 198 Å². The quantitative estimate of drug-likeness (QED) is 0.0600. The van der Waals surface area contributed by atoms with Crippen molar-refractivity contribution in [3.63, 3.8) is 0 Å². The molecular weight excluding hydrogens is 1350 g/mol. The molecule has 13 aromatic rings. The van der Waals surface area contributed by atoms with Gasteiger partial charge < -0.3 is 67.8 Å². The monoisotopic (exact) mass is 1430 g/mol. The van der Waals surface area contributed by atoms with Gasteiger partial charge in [-0.1, -0.05) is 18.2 Å². The number of nitrogens with zero attached hydrogens (tertiary/aromatic N) is 11. The molecule has 4 aromatic carbocycles. The van der Waals surface area contributed by atoms with Crippen molar-refractivity contribution in [3.05, 3.63) is 222 Å². The van der Waals surface area contributed by atoms with Crippen LogP contribution < -0.4 is 24.7 Å². The van der Waals surface area contributed by atoms with Crippen LogP contribution in [0.15, 0.2) is 194 Å². The fraction of sp³-hybridized carbons (Fsp3) is 0.253. The number of ether oxygens (including phenoxy) is 6. The van der Waals surface area contributed by atoms with Crippen LogP contribution in [0.2, 0.25) is 0 Å². The molecule has 0 unspecified atom stereocenters. The van der Waals surface area contributed by atoms with Gasteiger partial charge in [0.1, 0.15) is 66.2 Å². The maximum Gasteiger partial charge on any atom is 0.248 e. The molecule has 17 rings (SSSR count). The number of aromatic nitrogens is 10. The number of benzene rings is 4.